The van der Waals surface area contributed by atoms with Crippen molar-refractivity contribution in [3.8, 4) is 5.69 Å². The van der Waals surface area contributed by atoms with Gasteiger partial charge < -0.3 is 0 Å². The number of Topliss-reactive ketones (excluding diaryl/α,β-unsaturated/α-hetero) is 1. The van der Waals surface area contributed by atoms with Crippen LogP contribution in [-0.2, 0) is 16.4 Å². The van der Waals surface area contributed by atoms with Gasteiger partial charge in [0.25, 0.3) is 10.0 Å². The number of halogens is 1. The van der Waals surface area contributed by atoms with E-state index in [1.807, 2.05) is 19.9 Å². The highest BCUT2D eigenvalue weighted by Crippen LogP contribution is 2.47. The molecule has 3 aromatic heterocycles. The van der Waals surface area contributed by atoms with Gasteiger partial charge in [-0.25, -0.2) is 17.5 Å². The summed E-state index contributed by atoms with van der Waals surface area (Å²) in [4.78, 5) is 19.8. The molecule has 4 aromatic rings. The smallest absolute Gasteiger partial charge is 0.264 e. The van der Waals surface area contributed by atoms with Crippen LogP contribution in [-0.4, -0.2) is 61.4 Å². The maximum Gasteiger partial charge on any atom is 0.264 e. The third-order valence-electron chi connectivity index (χ3n) is 7.34. The summed E-state index contributed by atoms with van der Waals surface area (Å²) in [7, 11) is -4.02. The number of hydrogen-bond donors (Lipinski definition) is 0. The highest BCUT2D eigenvalue weighted by atomic mass is 32.2. The molecule has 1 fully saturated rings. The standard InChI is InChI=1S/C27H26FN7O3S/c1-18(2)35-31-16-25(32-35)39(37,38)33-12-10-20-13-24-19(15-30-34(24)22-8-6-21(28)7-9-22)14-27(20,17-33)26(36)23-5-3-4-11-29-23/h3-9,11,13,15-16,18H,10,12,14,17H2,1-2H3. The molecule has 0 amide bonds. The van der Waals surface area contributed by atoms with Crippen LogP contribution in [0.3, 0.4) is 0 Å². The quantitative estimate of drug-likeness (QED) is 0.339. The summed E-state index contributed by atoms with van der Waals surface area (Å²) in [6, 6.07) is 11.0. The van der Waals surface area contributed by atoms with Crippen molar-refractivity contribution in [1.29, 1.82) is 0 Å². The first-order valence-corrected chi connectivity index (χ1v) is 14.0. The van der Waals surface area contributed by atoms with Crippen LogP contribution in [0.1, 0.15) is 48.1 Å². The minimum absolute atomic E-state index is 0.0632. The molecule has 1 saturated heterocycles. The molecular weight excluding hydrogens is 521 g/mol. The van der Waals surface area contributed by atoms with Gasteiger partial charge in [-0.05, 0) is 74.7 Å². The van der Waals surface area contributed by atoms with E-state index >= 15 is 0 Å². The van der Waals surface area contributed by atoms with Crippen LogP contribution < -0.4 is 0 Å². The molecule has 2 aliphatic rings. The molecule has 0 N–H and O–H groups in total. The molecule has 200 valence electrons. The van der Waals surface area contributed by atoms with Crippen LogP contribution in [0.25, 0.3) is 11.8 Å². The SMILES string of the molecule is CC(C)n1ncc(S(=O)(=O)N2CCC3=Cc4c(cnn4-c4ccc(F)cc4)CC3(C(=O)c3ccccn3)C2)n1. The first-order valence-electron chi connectivity index (χ1n) is 12.6. The zero-order valence-corrected chi connectivity index (χ0v) is 22.2. The number of carbonyl (C=O) groups is 1. The average molecular weight is 548 g/mol. The predicted molar refractivity (Wildman–Crippen MR) is 140 cm³/mol. The third-order valence-corrected chi connectivity index (χ3v) is 9.05. The maximum atomic E-state index is 14.2. The lowest BCUT2D eigenvalue weighted by atomic mass is 9.65. The van der Waals surface area contributed by atoms with Gasteiger partial charge in [-0.3, -0.25) is 9.78 Å². The number of hydrogen-bond acceptors (Lipinski definition) is 7. The minimum atomic E-state index is -4.02. The molecule has 6 rings (SSSR count). The monoisotopic (exact) mass is 547 g/mol. The van der Waals surface area contributed by atoms with Crippen molar-refractivity contribution >= 4 is 21.9 Å². The van der Waals surface area contributed by atoms with E-state index < -0.39 is 15.4 Å². The number of benzene rings is 1. The molecule has 0 bridgehead atoms. The van der Waals surface area contributed by atoms with Gasteiger partial charge in [-0.2, -0.15) is 19.3 Å². The van der Waals surface area contributed by atoms with Crippen molar-refractivity contribution in [2.24, 2.45) is 5.41 Å². The average Bonchev–Trinajstić information content (AvgIpc) is 3.60. The van der Waals surface area contributed by atoms with Crippen molar-refractivity contribution in [1.82, 2.24) is 34.1 Å². The van der Waals surface area contributed by atoms with Gasteiger partial charge in [-0.15, -0.1) is 5.10 Å². The van der Waals surface area contributed by atoms with Crippen molar-refractivity contribution in [2.45, 2.75) is 37.8 Å². The molecule has 4 heterocycles. The third kappa shape index (κ3) is 4.20. The number of aromatic nitrogens is 6. The Kier molecular flexibility index (Phi) is 6.03. The fourth-order valence-electron chi connectivity index (χ4n) is 5.31. The fraction of sp³-hybridized carbons (Fsp3) is 0.296. The lowest BCUT2D eigenvalue weighted by Crippen LogP contribution is -2.53. The zero-order chi connectivity index (χ0) is 27.4. The Labute approximate surface area is 224 Å². The normalized spacial score (nSPS) is 19.4. The molecule has 1 aromatic carbocycles. The molecule has 1 atom stereocenters. The number of rotatable bonds is 6. The summed E-state index contributed by atoms with van der Waals surface area (Å²) in [6.07, 6.45) is 6.99. The van der Waals surface area contributed by atoms with Crippen molar-refractivity contribution in [2.75, 3.05) is 13.1 Å². The van der Waals surface area contributed by atoms with Crippen LogP contribution in [0.4, 0.5) is 4.39 Å². The largest absolute Gasteiger partial charge is 0.291 e. The minimum Gasteiger partial charge on any atom is -0.291 e. The molecule has 1 unspecified atom stereocenters. The molecule has 0 spiro atoms. The van der Waals surface area contributed by atoms with E-state index in [9.17, 15) is 17.6 Å². The number of fused-ring (bicyclic) bond motifs is 2. The number of ketones is 1. The highest BCUT2D eigenvalue weighted by Gasteiger charge is 2.51. The van der Waals surface area contributed by atoms with Crippen LogP contribution in [0, 0.1) is 11.2 Å². The van der Waals surface area contributed by atoms with E-state index in [1.54, 1.807) is 47.4 Å². The van der Waals surface area contributed by atoms with Gasteiger partial charge in [0.2, 0.25) is 5.03 Å². The Hall–Kier alpha value is -4.03. The topological polar surface area (TPSA) is 116 Å². The number of piperidine rings is 1. The van der Waals surface area contributed by atoms with Crippen LogP contribution in [0.15, 0.2) is 71.7 Å². The summed E-state index contributed by atoms with van der Waals surface area (Å²) in [5, 5.41) is 12.7. The first kappa shape index (κ1) is 25.3. The Morgan fingerprint density at radius 3 is 2.56 bits per heavy atom. The van der Waals surface area contributed by atoms with Crippen LogP contribution in [0.2, 0.25) is 0 Å². The summed E-state index contributed by atoms with van der Waals surface area (Å²) in [5.41, 5.74) is 2.17. The number of carbonyl (C=O) groups excluding carboxylic acids is 1. The zero-order valence-electron chi connectivity index (χ0n) is 21.4. The highest BCUT2D eigenvalue weighted by molar-refractivity contribution is 7.89. The second kappa shape index (κ2) is 9.31. The van der Waals surface area contributed by atoms with Gasteiger partial charge in [0.15, 0.2) is 5.78 Å². The van der Waals surface area contributed by atoms with Crippen molar-refractivity contribution in [3.05, 3.63) is 89.4 Å². The van der Waals surface area contributed by atoms with E-state index in [2.05, 4.69) is 20.3 Å². The van der Waals surface area contributed by atoms with Gasteiger partial charge in [-0.1, -0.05) is 11.6 Å². The molecule has 39 heavy (non-hydrogen) atoms. The molecular formula is C27H26FN7O3S. The summed E-state index contributed by atoms with van der Waals surface area (Å²) in [5.74, 6) is -0.597. The molecule has 10 nitrogen and oxygen atoms in total. The number of nitrogens with zero attached hydrogens (tertiary/aromatic N) is 7. The first-order chi connectivity index (χ1) is 18.7. The Bertz CT molecular complexity index is 1690. The van der Waals surface area contributed by atoms with E-state index in [1.165, 1.54) is 27.4 Å². The second-order valence-corrected chi connectivity index (χ2v) is 12.0. The van der Waals surface area contributed by atoms with E-state index in [4.69, 9.17) is 0 Å². The van der Waals surface area contributed by atoms with Crippen molar-refractivity contribution < 1.29 is 17.6 Å². The van der Waals surface area contributed by atoms with E-state index in [-0.39, 0.29) is 47.9 Å². The van der Waals surface area contributed by atoms with Gasteiger partial charge in [0, 0.05) is 19.3 Å². The lowest BCUT2D eigenvalue weighted by molar-refractivity contribution is 0.0770. The van der Waals surface area contributed by atoms with Gasteiger partial charge in [0.1, 0.15) is 11.5 Å². The van der Waals surface area contributed by atoms with E-state index in [0.717, 1.165) is 16.8 Å². The van der Waals surface area contributed by atoms with Crippen molar-refractivity contribution in [3.63, 3.8) is 0 Å². The maximum absolute atomic E-state index is 14.2. The molecule has 0 saturated carbocycles. The Morgan fingerprint density at radius 1 is 1.08 bits per heavy atom. The Morgan fingerprint density at radius 2 is 1.87 bits per heavy atom. The molecule has 0 radical (unpaired) electrons. The van der Waals surface area contributed by atoms with E-state index in [0.29, 0.717) is 12.1 Å². The molecule has 12 heteroatoms. The lowest BCUT2D eigenvalue weighted by Gasteiger charge is -2.44. The van der Waals surface area contributed by atoms with Gasteiger partial charge >= 0.3 is 0 Å². The fourth-order valence-corrected chi connectivity index (χ4v) is 6.67. The Balaban J connectivity index is 1.43. The molecule has 1 aliphatic heterocycles. The van der Waals surface area contributed by atoms with Crippen LogP contribution >= 0.6 is 0 Å². The summed E-state index contributed by atoms with van der Waals surface area (Å²) < 4.78 is 43.9. The molecule has 1 aliphatic carbocycles. The predicted octanol–water partition coefficient (Wildman–Crippen LogP) is 3.48. The van der Waals surface area contributed by atoms with Gasteiger partial charge in [0.05, 0.1) is 35.2 Å². The number of sulfonamides is 1. The summed E-state index contributed by atoms with van der Waals surface area (Å²) >= 11 is 0. The van der Waals surface area contributed by atoms with Crippen LogP contribution in [0.5, 0.6) is 0 Å². The second-order valence-electron chi connectivity index (χ2n) is 10.1. The number of pyridine rings is 1. The summed E-state index contributed by atoms with van der Waals surface area (Å²) in [6.45, 7) is 3.84.